The molecule has 1 aromatic carbocycles. The van der Waals surface area contributed by atoms with E-state index in [4.69, 9.17) is 5.11 Å². The summed E-state index contributed by atoms with van der Waals surface area (Å²) in [6, 6.07) is 2.58. The standard InChI is InChI=1S/C13H20N2O5S/c1-9(4-5-16)8-14-21(19,20)13-7-11(3)10(2)6-12(13)15(17)18/h6-7,9,14,16H,4-5,8H2,1-3H3. The second kappa shape index (κ2) is 6.97. The van der Waals surface area contributed by atoms with Gasteiger partial charge in [-0.2, -0.15) is 0 Å². The van der Waals surface area contributed by atoms with E-state index in [-0.39, 0.29) is 24.0 Å². The first-order valence-electron chi connectivity index (χ1n) is 6.55. The van der Waals surface area contributed by atoms with E-state index in [1.807, 2.05) is 0 Å². The summed E-state index contributed by atoms with van der Waals surface area (Å²) in [5.41, 5.74) is 0.902. The number of hydrogen-bond donors (Lipinski definition) is 2. The molecule has 1 atom stereocenters. The van der Waals surface area contributed by atoms with Gasteiger partial charge in [0.2, 0.25) is 10.0 Å². The zero-order chi connectivity index (χ0) is 16.2. The van der Waals surface area contributed by atoms with E-state index in [2.05, 4.69) is 4.72 Å². The van der Waals surface area contributed by atoms with E-state index in [9.17, 15) is 18.5 Å². The van der Waals surface area contributed by atoms with Crippen molar-refractivity contribution in [2.75, 3.05) is 13.2 Å². The lowest BCUT2D eigenvalue weighted by molar-refractivity contribution is -0.387. The Morgan fingerprint density at radius 1 is 1.33 bits per heavy atom. The molecule has 0 aliphatic heterocycles. The zero-order valence-electron chi connectivity index (χ0n) is 12.3. The molecule has 118 valence electrons. The first-order chi connectivity index (χ1) is 9.69. The van der Waals surface area contributed by atoms with E-state index < -0.39 is 20.6 Å². The maximum atomic E-state index is 12.3. The maximum Gasteiger partial charge on any atom is 0.289 e. The van der Waals surface area contributed by atoms with E-state index in [0.29, 0.717) is 17.5 Å². The van der Waals surface area contributed by atoms with Gasteiger partial charge in [0.05, 0.1) is 4.92 Å². The van der Waals surface area contributed by atoms with Crippen LogP contribution in [0, 0.1) is 29.9 Å². The van der Waals surface area contributed by atoms with E-state index >= 15 is 0 Å². The van der Waals surface area contributed by atoms with Gasteiger partial charge >= 0.3 is 0 Å². The highest BCUT2D eigenvalue weighted by atomic mass is 32.2. The van der Waals surface area contributed by atoms with Crippen molar-refractivity contribution >= 4 is 15.7 Å². The Balaban J connectivity index is 3.13. The Morgan fingerprint density at radius 3 is 2.43 bits per heavy atom. The number of nitrogens with zero attached hydrogens (tertiary/aromatic N) is 1. The molecule has 0 amide bonds. The number of aliphatic hydroxyl groups excluding tert-OH is 1. The van der Waals surface area contributed by atoms with Crippen molar-refractivity contribution in [1.82, 2.24) is 4.72 Å². The third-order valence-electron chi connectivity index (χ3n) is 3.31. The molecule has 0 saturated heterocycles. The monoisotopic (exact) mass is 316 g/mol. The highest BCUT2D eigenvalue weighted by Gasteiger charge is 2.26. The normalized spacial score (nSPS) is 13.1. The average molecular weight is 316 g/mol. The summed E-state index contributed by atoms with van der Waals surface area (Å²) in [7, 11) is -3.96. The SMILES string of the molecule is Cc1cc([N+](=O)[O-])c(S(=O)(=O)NCC(C)CCO)cc1C. The lowest BCUT2D eigenvalue weighted by Gasteiger charge is -2.13. The van der Waals surface area contributed by atoms with Crippen molar-refractivity contribution < 1.29 is 18.4 Å². The summed E-state index contributed by atoms with van der Waals surface area (Å²) < 4.78 is 26.9. The van der Waals surface area contributed by atoms with E-state index in [0.717, 1.165) is 0 Å². The number of benzene rings is 1. The fourth-order valence-corrected chi connectivity index (χ4v) is 3.18. The zero-order valence-corrected chi connectivity index (χ0v) is 13.1. The highest BCUT2D eigenvalue weighted by molar-refractivity contribution is 7.89. The predicted molar refractivity (Wildman–Crippen MR) is 78.6 cm³/mol. The Labute approximate surface area is 124 Å². The molecule has 0 heterocycles. The molecular weight excluding hydrogens is 296 g/mol. The summed E-state index contributed by atoms with van der Waals surface area (Å²) in [4.78, 5) is 10.0. The summed E-state index contributed by atoms with van der Waals surface area (Å²) in [6.45, 7) is 5.26. The van der Waals surface area contributed by atoms with E-state index in [1.165, 1.54) is 12.1 Å². The molecule has 0 spiro atoms. The second-order valence-electron chi connectivity index (χ2n) is 5.13. The molecule has 0 aliphatic rings. The van der Waals surface area contributed by atoms with Gasteiger partial charge in [0.1, 0.15) is 0 Å². The minimum absolute atomic E-state index is 0.0350. The summed E-state index contributed by atoms with van der Waals surface area (Å²) in [5.74, 6) is -0.0598. The molecule has 7 nitrogen and oxygen atoms in total. The van der Waals surface area contributed by atoms with Crippen molar-refractivity contribution in [2.24, 2.45) is 5.92 Å². The van der Waals surface area contributed by atoms with Crippen LogP contribution < -0.4 is 4.72 Å². The molecule has 0 saturated carbocycles. The van der Waals surface area contributed by atoms with Crippen LogP contribution in [0.3, 0.4) is 0 Å². The summed E-state index contributed by atoms with van der Waals surface area (Å²) >= 11 is 0. The van der Waals surface area contributed by atoms with Crippen LogP contribution in [0.15, 0.2) is 17.0 Å². The second-order valence-corrected chi connectivity index (χ2v) is 6.87. The first-order valence-corrected chi connectivity index (χ1v) is 8.03. The molecule has 0 aliphatic carbocycles. The highest BCUT2D eigenvalue weighted by Crippen LogP contribution is 2.27. The van der Waals surface area contributed by atoms with Crippen molar-refractivity contribution in [1.29, 1.82) is 0 Å². The van der Waals surface area contributed by atoms with Gasteiger partial charge in [-0.1, -0.05) is 6.92 Å². The number of rotatable bonds is 7. The van der Waals surface area contributed by atoms with Gasteiger partial charge in [-0.15, -0.1) is 0 Å². The van der Waals surface area contributed by atoms with Crippen molar-refractivity contribution in [3.63, 3.8) is 0 Å². The van der Waals surface area contributed by atoms with Gasteiger partial charge in [-0.25, -0.2) is 13.1 Å². The predicted octanol–water partition coefficient (Wildman–Crippen LogP) is 1.51. The molecular formula is C13H20N2O5S. The molecule has 0 bridgehead atoms. The Morgan fingerprint density at radius 2 is 1.90 bits per heavy atom. The quantitative estimate of drug-likeness (QED) is 0.585. The Kier molecular flexibility index (Phi) is 5.82. The largest absolute Gasteiger partial charge is 0.396 e. The van der Waals surface area contributed by atoms with Gasteiger partial charge in [0.25, 0.3) is 5.69 Å². The molecule has 8 heteroatoms. The maximum absolute atomic E-state index is 12.3. The topological polar surface area (TPSA) is 110 Å². The fourth-order valence-electron chi connectivity index (χ4n) is 1.78. The van der Waals surface area contributed by atoms with Gasteiger partial charge in [-0.3, -0.25) is 10.1 Å². The molecule has 0 aromatic heterocycles. The molecule has 0 radical (unpaired) electrons. The third kappa shape index (κ3) is 4.48. The molecule has 1 unspecified atom stereocenters. The van der Waals surface area contributed by atoms with Crippen molar-refractivity contribution in [3.8, 4) is 0 Å². The number of aliphatic hydroxyl groups is 1. The van der Waals surface area contributed by atoms with Crippen LogP contribution in [-0.4, -0.2) is 31.6 Å². The van der Waals surface area contributed by atoms with Crippen molar-refractivity contribution in [3.05, 3.63) is 33.4 Å². The number of nitro benzene ring substituents is 1. The molecule has 1 rings (SSSR count). The Bertz CT molecular complexity index is 628. The molecule has 1 aromatic rings. The minimum Gasteiger partial charge on any atom is -0.396 e. The van der Waals surface area contributed by atoms with Crippen LogP contribution in [-0.2, 0) is 10.0 Å². The lowest BCUT2D eigenvalue weighted by Crippen LogP contribution is -2.29. The Hall–Kier alpha value is -1.51. The van der Waals surface area contributed by atoms with Crippen LogP contribution in [0.25, 0.3) is 0 Å². The minimum atomic E-state index is -3.96. The van der Waals surface area contributed by atoms with Crippen LogP contribution in [0.5, 0.6) is 0 Å². The van der Waals surface area contributed by atoms with Crippen molar-refractivity contribution in [2.45, 2.75) is 32.1 Å². The summed E-state index contributed by atoms with van der Waals surface area (Å²) in [5, 5.41) is 19.9. The average Bonchev–Trinajstić information content (AvgIpc) is 2.39. The van der Waals surface area contributed by atoms with Crippen LogP contribution in [0.1, 0.15) is 24.5 Å². The number of aryl methyl sites for hydroxylation is 2. The first kappa shape index (κ1) is 17.5. The molecule has 2 N–H and O–H groups in total. The molecule has 0 fully saturated rings. The summed E-state index contributed by atoms with van der Waals surface area (Å²) in [6.07, 6.45) is 0.456. The van der Waals surface area contributed by atoms with Gasteiger partial charge in [-0.05, 0) is 43.4 Å². The number of hydrogen-bond acceptors (Lipinski definition) is 5. The fraction of sp³-hybridized carbons (Fsp3) is 0.538. The van der Waals surface area contributed by atoms with Crippen LogP contribution in [0.4, 0.5) is 5.69 Å². The number of nitrogens with one attached hydrogen (secondary N) is 1. The number of sulfonamides is 1. The molecule has 21 heavy (non-hydrogen) atoms. The lowest BCUT2D eigenvalue weighted by atomic mass is 10.1. The third-order valence-corrected chi connectivity index (χ3v) is 4.76. The van der Waals surface area contributed by atoms with E-state index in [1.54, 1.807) is 20.8 Å². The van der Waals surface area contributed by atoms with Gasteiger partial charge < -0.3 is 5.11 Å². The van der Waals surface area contributed by atoms with Crippen LogP contribution >= 0.6 is 0 Å². The van der Waals surface area contributed by atoms with Crippen LogP contribution in [0.2, 0.25) is 0 Å². The smallest absolute Gasteiger partial charge is 0.289 e. The number of nitro groups is 1. The van der Waals surface area contributed by atoms with Gasteiger partial charge in [0.15, 0.2) is 4.90 Å². The van der Waals surface area contributed by atoms with Gasteiger partial charge in [0, 0.05) is 19.2 Å².